The van der Waals surface area contributed by atoms with Gasteiger partial charge in [0.25, 0.3) is 0 Å². The molecule has 3 heterocycles. The van der Waals surface area contributed by atoms with Gasteiger partial charge in [-0.2, -0.15) is 9.61 Å². The van der Waals surface area contributed by atoms with Gasteiger partial charge in [0.05, 0.1) is 12.6 Å². The quantitative estimate of drug-likeness (QED) is 0.486. The first-order chi connectivity index (χ1) is 12.8. The zero-order chi connectivity index (χ0) is 17.5. The van der Waals surface area contributed by atoms with Crippen LogP contribution >= 0.6 is 11.3 Å². The van der Waals surface area contributed by atoms with Crippen LogP contribution in [0.2, 0.25) is 0 Å². The van der Waals surface area contributed by atoms with Crippen molar-refractivity contribution < 1.29 is 4.74 Å². The SMILES string of the molecule is COc1ccc(-c2nn3c(-c4cccc5cccnc45)nnc3s2)cc1. The molecule has 0 aliphatic heterocycles. The summed E-state index contributed by atoms with van der Waals surface area (Å²) in [5.41, 5.74) is 2.83. The van der Waals surface area contributed by atoms with Crippen LogP contribution in [0.25, 0.3) is 37.8 Å². The molecule has 6 nitrogen and oxygen atoms in total. The van der Waals surface area contributed by atoms with Gasteiger partial charge >= 0.3 is 0 Å². The highest BCUT2D eigenvalue weighted by molar-refractivity contribution is 7.19. The monoisotopic (exact) mass is 359 g/mol. The number of ether oxygens (including phenoxy) is 1. The van der Waals surface area contributed by atoms with Crippen LogP contribution in [0.15, 0.2) is 60.8 Å². The van der Waals surface area contributed by atoms with Crippen molar-refractivity contribution in [3.63, 3.8) is 0 Å². The van der Waals surface area contributed by atoms with Crippen LogP contribution in [0.5, 0.6) is 5.75 Å². The molecule has 3 aromatic heterocycles. The molecule has 126 valence electrons. The third kappa shape index (κ3) is 2.33. The lowest BCUT2D eigenvalue weighted by Gasteiger charge is -2.02. The van der Waals surface area contributed by atoms with Crippen LogP contribution in [0.1, 0.15) is 0 Å². The van der Waals surface area contributed by atoms with E-state index in [2.05, 4.69) is 15.2 Å². The van der Waals surface area contributed by atoms with Crippen LogP contribution in [0, 0.1) is 0 Å². The minimum Gasteiger partial charge on any atom is -0.497 e. The highest BCUT2D eigenvalue weighted by Crippen LogP contribution is 2.31. The highest BCUT2D eigenvalue weighted by atomic mass is 32.1. The van der Waals surface area contributed by atoms with E-state index in [9.17, 15) is 0 Å². The lowest BCUT2D eigenvalue weighted by molar-refractivity contribution is 0.415. The number of para-hydroxylation sites is 1. The topological polar surface area (TPSA) is 65.2 Å². The molecule has 0 bridgehead atoms. The molecule has 2 aromatic carbocycles. The Morgan fingerprint density at radius 1 is 0.962 bits per heavy atom. The summed E-state index contributed by atoms with van der Waals surface area (Å²) in [5, 5.41) is 15.3. The number of aromatic nitrogens is 5. The summed E-state index contributed by atoms with van der Waals surface area (Å²) in [7, 11) is 1.66. The summed E-state index contributed by atoms with van der Waals surface area (Å²) in [4.78, 5) is 5.26. The Morgan fingerprint density at radius 3 is 2.65 bits per heavy atom. The highest BCUT2D eigenvalue weighted by Gasteiger charge is 2.16. The summed E-state index contributed by atoms with van der Waals surface area (Å²) >= 11 is 1.50. The van der Waals surface area contributed by atoms with Gasteiger partial charge in [-0.15, -0.1) is 10.2 Å². The predicted octanol–water partition coefficient (Wildman–Crippen LogP) is 4.08. The first-order valence-corrected chi connectivity index (χ1v) is 8.86. The van der Waals surface area contributed by atoms with Crippen LogP contribution in [0.4, 0.5) is 0 Å². The molecule has 0 aliphatic rings. The number of rotatable bonds is 3. The Kier molecular flexibility index (Phi) is 3.39. The van der Waals surface area contributed by atoms with E-state index in [1.54, 1.807) is 17.8 Å². The van der Waals surface area contributed by atoms with Crippen molar-refractivity contribution in [1.82, 2.24) is 24.8 Å². The number of benzene rings is 2. The Hall–Kier alpha value is -3.32. The maximum atomic E-state index is 5.22. The van der Waals surface area contributed by atoms with Crippen molar-refractivity contribution in [2.45, 2.75) is 0 Å². The lowest BCUT2D eigenvalue weighted by Crippen LogP contribution is -1.93. The van der Waals surface area contributed by atoms with Crippen molar-refractivity contribution >= 4 is 27.2 Å². The molecule has 0 radical (unpaired) electrons. The van der Waals surface area contributed by atoms with Crippen LogP contribution in [0.3, 0.4) is 0 Å². The molecule has 5 aromatic rings. The van der Waals surface area contributed by atoms with E-state index in [1.165, 1.54) is 11.3 Å². The minimum absolute atomic E-state index is 0.695. The van der Waals surface area contributed by atoms with Gasteiger partial charge in [0.1, 0.15) is 10.8 Å². The first-order valence-electron chi connectivity index (χ1n) is 8.04. The van der Waals surface area contributed by atoms with E-state index in [4.69, 9.17) is 9.84 Å². The van der Waals surface area contributed by atoms with Crippen LogP contribution < -0.4 is 4.74 Å². The molecule has 0 fully saturated rings. The Balaban J connectivity index is 1.66. The van der Waals surface area contributed by atoms with E-state index < -0.39 is 0 Å². The summed E-state index contributed by atoms with van der Waals surface area (Å²) < 4.78 is 7.00. The van der Waals surface area contributed by atoms with Gasteiger partial charge in [-0.05, 0) is 36.4 Å². The molecule has 0 unspecified atom stereocenters. The first kappa shape index (κ1) is 15.0. The normalized spacial score (nSPS) is 11.3. The summed E-state index contributed by atoms with van der Waals surface area (Å²) in [6.07, 6.45) is 1.79. The standard InChI is InChI=1S/C19H13N5OS/c1-25-14-9-7-13(8-10-14)18-23-24-17(21-22-19(24)26-18)15-6-2-4-12-5-3-11-20-16(12)15/h2-11H,1H3. The molecule has 0 saturated heterocycles. The fraction of sp³-hybridized carbons (Fsp3) is 0.0526. The molecule has 0 saturated carbocycles. The molecule has 0 N–H and O–H groups in total. The largest absolute Gasteiger partial charge is 0.497 e. The number of fused-ring (bicyclic) bond motifs is 2. The maximum Gasteiger partial charge on any atom is 0.235 e. The molecule has 0 amide bonds. The van der Waals surface area contributed by atoms with Crippen molar-refractivity contribution in [1.29, 1.82) is 0 Å². The molecule has 0 atom stereocenters. The summed E-state index contributed by atoms with van der Waals surface area (Å²) in [6.45, 7) is 0. The lowest BCUT2D eigenvalue weighted by atomic mass is 10.1. The number of pyridine rings is 1. The second-order valence-electron chi connectivity index (χ2n) is 5.73. The van der Waals surface area contributed by atoms with Gasteiger partial charge in [-0.3, -0.25) is 4.98 Å². The van der Waals surface area contributed by atoms with Crippen molar-refractivity contribution in [3.8, 4) is 27.7 Å². The van der Waals surface area contributed by atoms with Gasteiger partial charge in [0, 0.05) is 22.7 Å². The fourth-order valence-corrected chi connectivity index (χ4v) is 3.76. The Labute approximate surface area is 152 Å². The van der Waals surface area contributed by atoms with Gasteiger partial charge in [-0.1, -0.05) is 29.5 Å². The van der Waals surface area contributed by atoms with Crippen molar-refractivity contribution in [2.75, 3.05) is 7.11 Å². The number of hydrogen-bond acceptors (Lipinski definition) is 6. The van der Waals surface area contributed by atoms with Gasteiger partial charge in [-0.25, -0.2) is 0 Å². The summed E-state index contributed by atoms with van der Waals surface area (Å²) in [6, 6.07) is 17.8. The molecular weight excluding hydrogens is 346 g/mol. The van der Waals surface area contributed by atoms with E-state index in [0.717, 1.165) is 37.7 Å². The third-order valence-electron chi connectivity index (χ3n) is 4.20. The minimum atomic E-state index is 0.695. The van der Waals surface area contributed by atoms with Gasteiger partial charge < -0.3 is 4.74 Å². The van der Waals surface area contributed by atoms with Crippen molar-refractivity contribution in [3.05, 3.63) is 60.8 Å². The smallest absolute Gasteiger partial charge is 0.235 e. The fourth-order valence-electron chi connectivity index (χ4n) is 2.92. The Bertz CT molecular complexity index is 1220. The molecular formula is C19H13N5OS. The molecule has 26 heavy (non-hydrogen) atoms. The molecule has 5 rings (SSSR count). The average molecular weight is 359 g/mol. The Morgan fingerprint density at radius 2 is 1.81 bits per heavy atom. The van der Waals surface area contributed by atoms with E-state index in [-0.39, 0.29) is 0 Å². The molecule has 0 aliphatic carbocycles. The maximum absolute atomic E-state index is 5.22. The number of hydrogen-bond donors (Lipinski definition) is 0. The molecule has 7 heteroatoms. The number of nitrogens with zero attached hydrogens (tertiary/aromatic N) is 5. The van der Waals surface area contributed by atoms with Gasteiger partial charge in [0.15, 0.2) is 5.82 Å². The second-order valence-corrected chi connectivity index (χ2v) is 6.69. The van der Waals surface area contributed by atoms with Crippen molar-refractivity contribution in [2.24, 2.45) is 0 Å². The molecule has 0 spiro atoms. The van der Waals surface area contributed by atoms with E-state index >= 15 is 0 Å². The number of methoxy groups -OCH3 is 1. The average Bonchev–Trinajstić information content (AvgIpc) is 3.28. The summed E-state index contributed by atoms with van der Waals surface area (Å²) in [5.74, 6) is 1.51. The zero-order valence-corrected chi connectivity index (χ0v) is 14.6. The van der Waals surface area contributed by atoms with E-state index in [0.29, 0.717) is 5.82 Å². The van der Waals surface area contributed by atoms with Crippen LogP contribution in [-0.2, 0) is 0 Å². The third-order valence-corrected chi connectivity index (χ3v) is 5.15. The predicted molar refractivity (Wildman–Crippen MR) is 101 cm³/mol. The zero-order valence-electron chi connectivity index (χ0n) is 13.8. The van der Waals surface area contributed by atoms with Gasteiger partial charge in [0.2, 0.25) is 4.96 Å². The van der Waals surface area contributed by atoms with E-state index in [1.807, 2.05) is 54.6 Å². The second kappa shape index (κ2) is 5.89. The van der Waals surface area contributed by atoms with Crippen LogP contribution in [-0.4, -0.2) is 31.9 Å².